The molecule has 1 heterocycles. The van der Waals surface area contributed by atoms with Gasteiger partial charge >= 0.3 is 0 Å². The molecule has 4 N–H and O–H groups in total. The standard InChI is InChI=1S/C19H22N4O2/c20-17-13-7-6-12(9-13)16(17)19(25)22-10-15(24)23-14-5-1-3-11-4-2-8-21-18(11)14/h1-5,8,12-13,16-17H,6-7,9-10,20H2,(H,22,25)(H,23,24). The lowest BCUT2D eigenvalue weighted by atomic mass is 9.84. The van der Waals surface area contributed by atoms with Crippen LogP contribution in [0.5, 0.6) is 0 Å². The molecule has 130 valence electrons. The molecule has 2 bridgehead atoms. The molecule has 25 heavy (non-hydrogen) atoms. The number of carbonyl (C=O) groups excluding carboxylic acids is 2. The van der Waals surface area contributed by atoms with Crippen LogP contribution in [-0.4, -0.2) is 29.4 Å². The monoisotopic (exact) mass is 338 g/mol. The first-order valence-electron chi connectivity index (χ1n) is 8.80. The van der Waals surface area contributed by atoms with Crippen molar-refractivity contribution in [3.05, 3.63) is 36.5 Å². The number of anilines is 1. The number of rotatable bonds is 4. The van der Waals surface area contributed by atoms with Crippen LogP contribution in [0.15, 0.2) is 36.5 Å². The largest absolute Gasteiger partial charge is 0.347 e. The van der Waals surface area contributed by atoms with Crippen molar-refractivity contribution in [2.45, 2.75) is 25.3 Å². The normalized spacial score (nSPS) is 27.4. The Hall–Kier alpha value is -2.47. The Balaban J connectivity index is 1.37. The van der Waals surface area contributed by atoms with Gasteiger partial charge in [-0.2, -0.15) is 0 Å². The summed E-state index contributed by atoms with van der Waals surface area (Å²) in [5.74, 6) is 0.349. The molecule has 0 spiro atoms. The molecule has 4 unspecified atom stereocenters. The van der Waals surface area contributed by atoms with Gasteiger partial charge in [-0.05, 0) is 43.2 Å². The molecule has 2 fully saturated rings. The van der Waals surface area contributed by atoms with Crippen molar-refractivity contribution in [3.8, 4) is 0 Å². The van der Waals surface area contributed by atoms with Gasteiger partial charge in [0.25, 0.3) is 0 Å². The summed E-state index contributed by atoms with van der Waals surface area (Å²) in [6.45, 7) is -0.0529. The second-order valence-electron chi connectivity index (χ2n) is 7.08. The molecule has 0 radical (unpaired) electrons. The predicted molar refractivity (Wildman–Crippen MR) is 95.7 cm³/mol. The molecule has 4 rings (SSSR count). The van der Waals surface area contributed by atoms with Gasteiger partial charge in [0.2, 0.25) is 11.8 Å². The van der Waals surface area contributed by atoms with Gasteiger partial charge in [-0.1, -0.05) is 18.2 Å². The van der Waals surface area contributed by atoms with Crippen molar-refractivity contribution in [2.24, 2.45) is 23.5 Å². The number of benzene rings is 1. The Morgan fingerprint density at radius 2 is 1.96 bits per heavy atom. The van der Waals surface area contributed by atoms with Crippen LogP contribution in [0.2, 0.25) is 0 Å². The highest BCUT2D eigenvalue weighted by Crippen LogP contribution is 2.47. The van der Waals surface area contributed by atoms with Gasteiger partial charge in [0, 0.05) is 17.6 Å². The third-order valence-electron chi connectivity index (χ3n) is 5.61. The van der Waals surface area contributed by atoms with Crippen molar-refractivity contribution in [2.75, 3.05) is 11.9 Å². The zero-order chi connectivity index (χ0) is 17.4. The minimum absolute atomic E-state index is 0.0529. The van der Waals surface area contributed by atoms with E-state index in [4.69, 9.17) is 5.73 Å². The fourth-order valence-electron chi connectivity index (χ4n) is 4.41. The lowest BCUT2D eigenvalue weighted by Crippen LogP contribution is -2.46. The summed E-state index contributed by atoms with van der Waals surface area (Å²) in [5.41, 5.74) is 7.57. The van der Waals surface area contributed by atoms with E-state index in [1.807, 2.05) is 24.3 Å². The SMILES string of the molecule is NC1C2CCC(C2)C1C(=O)NCC(=O)Nc1cccc2cccnc12. The molecule has 4 atom stereocenters. The summed E-state index contributed by atoms with van der Waals surface area (Å²) < 4.78 is 0. The summed E-state index contributed by atoms with van der Waals surface area (Å²) in [6, 6.07) is 9.34. The second-order valence-corrected chi connectivity index (χ2v) is 7.08. The van der Waals surface area contributed by atoms with Crippen molar-refractivity contribution in [1.82, 2.24) is 10.3 Å². The molecule has 2 aromatic rings. The topological polar surface area (TPSA) is 97.1 Å². The highest BCUT2D eigenvalue weighted by Gasteiger charge is 2.48. The van der Waals surface area contributed by atoms with Gasteiger partial charge in [0.05, 0.1) is 23.7 Å². The number of para-hydroxylation sites is 1. The fraction of sp³-hybridized carbons (Fsp3) is 0.421. The lowest BCUT2D eigenvalue weighted by molar-refractivity contribution is -0.129. The van der Waals surface area contributed by atoms with Crippen LogP contribution in [0.25, 0.3) is 10.9 Å². The molecule has 2 aliphatic rings. The number of nitrogens with zero attached hydrogens (tertiary/aromatic N) is 1. The highest BCUT2D eigenvalue weighted by molar-refractivity contribution is 6.01. The molecular formula is C19H22N4O2. The number of hydrogen-bond donors (Lipinski definition) is 3. The van der Waals surface area contributed by atoms with E-state index < -0.39 is 0 Å². The molecule has 6 heteroatoms. The Morgan fingerprint density at radius 3 is 2.76 bits per heavy atom. The zero-order valence-corrected chi connectivity index (χ0v) is 13.9. The summed E-state index contributed by atoms with van der Waals surface area (Å²) >= 11 is 0. The van der Waals surface area contributed by atoms with E-state index in [2.05, 4.69) is 15.6 Å². The summed E-state index contributed by atoms with van der Waals surface area (Å²) in [4.78, 5) is 29.0. The van der Waals surface area contributed by atoms with Crippen LogP contribution >= 0.6 is 0 Å². The van der Waals surface area contributed by atoms with Crippen LogP contribution in [0.3, 0.4) is 0 Å². The summed E-state index contributed by atoms with van der Waals surface area (Å²) in [6.07, 6.45) is 4.94. The molecule has 2 aliphatic carbocycles. The number of fused-ring (bicyclic) bond motifs is 3. The molecule has 0 aliphatic heterocycles. The van der Waals surface area contributed by atoms with Gasteiger partial charge < -0.3 is 16.4 Å². The Morgan fingerprint density at radius 1 is 1.16 bits per heavy atom. The van der Waals surface area contributed by atoms with Crippen molar-refractivity contribution >= 4 is 28.4 Å². The van der Waals surface area contributed by atoms with E-state index in [-0.39, 0.29) is 30.3 Å². The molecule has 2 amide bonds. The van der Waals surface area contributed by atoms with Gasteiger partial charge in [-0.25, -0.2) is 0 Å². The second kappa shape index (κ2) is 6.44. The van der Waals surface area contributed by atoms with E-state index >= 15 is 0 Å². The average molecular weight is 338 g/mol. The van der Waals surface area contributed by atoms with Crippen LogP contribution < -0.4 is 16.4 Å². The van der Waals surface area contributed by atoms with Gasteiger partial charge in [-0.3, -0.25) is 14.6 Å². The number of nitrogens with one attached hydrogen (secondary N) is 2. The van der Waals surface area contributed by atoms with Crippen molar-refractivity contribution in [1.29, 1.82) is 0 Å². The Kier molecular flexibility index (Phi) is 4.13. The molecule has 2 saturated carbocycles. The third kappa shape index (κ3) is 2.98. The minimum atomic E-state index is -0.261. The molecule has 0 saturated heterocycles. The average Bonchev–Trinajstić information content (AvgIpc) is 3.21. The van der Waals surface area contributed by atoms with Crippen LogP contribution in [0.1, 0.15) is 19.3 Å². The van der Waals surface area contributed by atoms with E-state index in [1.165, 1.54) is 0 Å². The minimum Gasteiger partial charge on any atom is -0.347 e. The lowest BCUT2D eigenvalue weighted by Gasteiger charge is -2.26. The Labute approximate surface area is 146 Å². The number of aromatic nitrogens is 1. The van der Waals surface area contributed by atoms with Crippen LogP contribution in [-0.2, 0) is 9.59 Å². The van der Waals surface area contributed by atoms with E-state index in [1.54, 1.807) is 12.3 Å². The van der Waals surface area contributed by atoms with E-state index in [0.29, 0.717) is 17.5 Å². The quantitative estimate of drug-likeness (QED) is 0.790. The molecule has 1 aromatic carbocycles. The molecule has 6 nitrogen and oxygen atoms in total. The summed E-state index contributed by atoms with van der Waals surface area (Å²) in [7, 11) is 0. The third-order valence-corrected chi connectivity index (χ3v) is 5.61. The van der Waals surface area contributed by atoms with Crippen molar-refractivity contribution in [3.63, 3.8) is 0 Å². The first kappa shape index (κ1) is 16.0. The number of carbonyl (C=O) groups is 2. The molecule has 1 aromatic heterocycles. The van der Waals surface area contributed by atoms with Gasteiger partial charge in [-0.15, -0.1) is 0 Å². The van der Waals surface area contributed by atoms with Gasteiger partial charge in [0.15, 0.2) is 0 Å². The maximum Gasteiger partial charge on any atom is 0.243 e. The summed E-state index contributed by atoms with van der Waals surface area (Å²) in [5, 5.41) is 6.54. The highest BCUT2D eigenvalue weighted by atomic mass is 16.2. The first-order valence-corrected chi connectivity index (χ1v) is 8.80. The van der Waals surface area contributed by atoms with Crippen LogP contribution in [0.4, 0.5) is 5.69 Å². The maximum atomic E-state index is 12.4. The number of nitrogens with two attached hydrogens (primary N) is 1. The number of hydrogen-bond acceptors (Lipinski definition) is 4. The first-order chi connectivity index (χ1) is 12.1. The Bertz CT molecular complexity index is 815. The molecular weight excluding hydrogens is 316 g/mol. The van der Waals surface area contributed by atoms with E-state index in [0.717, 1.165) is 30.2 Å². The number of amides is 2. The fourth-order valence-corrected chi connectivity index (χ4v) is 4.41. The van der Waals surface area contributed by atoms with Crippen LogP contribution in [0, 0.1) is 17.8 Å². The van der Waals surface area contributed by atoms with E-state index in [9.17, 15) is 9.59 Å². The predicted octanol–water partition coefficient (Wildman–Crippen LogP) is 1.66. The van der Waals surface area contributed by atoms with Gasteiger partial charge in [0.1, 0.15) is 0 Å². The number of pyridine rings is 1. The van der Waals surface area contributed by atoms with Crippen molar-refractivity contribution < 1.29 is 9.59 Å². The zero-order valence-electron chi connectivity index (χ0n) is 13.9. The maximum absolute atomic E-state index is 12.4. The smallest absolute Gasteiger partial charge is 0.243 e.